The number of hydrogen-bond donors (Lipinski definition) is 2. The molecule has 1 atom stereocenters. The molecule has 40 heavy (non-hydrogen) atoms. The van der Waals surface area contributed by atoms with E-state index < -0.39 is 35.4 Å². The third-order valence-electron chi connectivity index (χ3n) is 5.25. The predicted molar refractivity (Wildman–Crippen MR) is 153 cm³/mol. The monoisotopic (exact) mass is 571 g/mol. The lowest BCUT2D eigenvalue weighted by atomic mass is 10.1. The van der Waals surface area contributed by atoms with Gasteiger partial charge < -0.3 is 24.6 Å². The van der Waals surface area contributed by atoms with Crippen LogP contribution in [0, 0.1) is 0 Å². The Bertz CT molecular complexity index is 1380. The van der Waals surface area contributed by atoms with Crippen LogP contribution < -0.4 is 15.0 Å². The summed E-state index contributed by atoms with van der Waals surface area (Å²) in [5.74, 6) is -0.712. The van der Waals surface area contributed by atoms with Crippen LogP contribution in [0.5, 0.6) is 5.75 Å². The number of amides is 2. The Hall–Kier alpha value is -4.05. The van der Waals surface area contributed by atoms with Crippen LogP contribution in [0.4, 0.5) is 21.1 Å². The quantitative estimate of drug-likeness (QED) is 0.302. The second-order valence-electron chi connectivity index (χ2n) is 10.9. The number of aromatic nitrogens is 1. The van der Waals surface area contributed by atoms with Crippen molar-refractivity contribution in [1.29, 1.82) is 0 Å². The molecular formula is C29H34ClN3O7. The van der Waals surface area contributed by atoms with Crippen molar-refractivity contribution < 1.29 is 33.7 Å². The van der Waals surface area contributed by atoms with Crippen LogP contribution in [0.2, 0.25) is 5.02 Å². The number of aliphatic carboxylic acids is 1. The predicted octanol–water partition coefficient (Wildman–Crippen LogP) is 7.20. The summed E-state index contributed by atoms with van der Waals surface area (Å²) < 4.78 is 16.5. The highest BCUT2D eigenvalue weighted by molar-refractivity contribution is 6.32. The summed E-state index contributed by atoms with van der Waals surface area (Å²) in [5.41, 5.74) is -0.841. The molecule has 2 N–H and O–H groups in total. The highest BCUT2D eigenvalue weighted by atomic mass is 35.5. The summed E-state index contributed by atoms with van der Waals surface area (Å²) in [5, 5.41) is 14.4. The van der Waals surface area contributed by atoms with Gasteiger partial charge in [0.05, 0.1) is 11.6 Å². The first kappa shape index (κ1) is 30.5. The number of imide groups is 1. The molecule has 2 amide bonds. The number of pyridine rings is 1. The van der Waals surface area contributed by atoms with Gasteiger partial charge in [0.15, 0.2) is 11.9 Å². The Morgan fingerprint density at radius 2 is 1.60 bits per heavy atom. The minimum absolute atomic E-state index is 0.0152. The van der Waals surface area contributed by atoms with Crippen LogP contribution >= 0.6 is 11.6 Å². The molecular weight excluding hydrogens is 538 g/mol. The van der Waals surface area contributed by atoms with Crippen molar-refractivity contribution in [1.82, 2.24) is 4.98 Å². The molecule has 10 nitrogen and oxygen atoms in total. The SMILES string of the molecule is CCOc1cc(C(Nc2ccc3c(N(C(=O)OC(C)(C)C)C(=O)OC(C)(C)C)nccc3c2)C(=O)O)ccc1Cl. The molecule has 0 saturated carbocycles. The molecule has 3 aromatic rings. The zero-order chi connectivity index (χ0) is 29.8. The summed E-state index contributed by atoms with van der Waals surface area (Å²) in [4.78, 5) is 43.5. The number of ether oxygens (including phenoxy) is 3. The molecule has 214 valence electrons. The van der Waals surface area contributed by atoms with Gasteiger partial charge in [0.25, 0.3) is 0 Å². The second-order valence-corrected chi connectivity index (χ2v) is 11.3. The summed E-state index contributed by atoms with van der Waals surface area (Å²) in [7, 11) is 0. The van der Waals surface area contributed by atoms with Crippen molar-refractivity contribution in [2.75, 3.05) is 16.8 Å². The van der Waals surface area contributed by atoms with E-state index in [4.69, 9.17) is 25.8 Å². The zero-order valence-corrected chi connectivity index (χ0v) is 24.3. The maximum Gasteiger partial charge on any atom is 0.425 e. The molecule has 0 aliphatic heterocycles. The molecule has 0 saturated heterocycles. The number of fused-ring (bicyclic) bond motifs is 1. The topological polar surface area (TPSA) is 127 Å². The molecule has 11 heteroatoms. The van der Waals surface area contributed by atoms with Gasteiger partial charge in [0.1, 0.15) is 17.0 Å². The van der Waals surface area contributed by atoms with E-state index >= 15 is 0 Å². The molecule has 2 aromatic carbocycles. The van der Waals surface area contributed by atoms with Gasteiger partial charge in [-0.3, -0.25) is 0 Å². The van der Waals surface area contributed by atoms with Gasteiger partial charge in [-0.2, -0.15) is 4.90 Å². The third kappa shape index (κ3) is 7.75. The average Bonchev–Trinajstić information content (AvgIpc) is 2.82. The van der Waals surface area contributed by atoms with Crippen LogP contribution in [-0.2, 0) is 14.3 Å². The lowest BCUT2D eigenvalue weighted by molar-refractivity contribution is -0.138. The number of hydrogen-bond acceptors (Lipinski definition) is 8. The van der Waals surface area contributed by atoms with E-state index in [1.165, 1.54) is 6.20 Å². The van der Waals surface area contributed by atoms with Crippen LogP contribution in [0.25, 0.3) is 10.8 Å². The van der Waals surface area contributed by atoms with E-state index in [1.54, 1.807) is 90.9 Å². The number of halogens is 1. The lowest BCUT2D eigenvalue weighted by Gasteiger charge is -2.28. The van der Waals surface area contributed by atoms with Crippen LogP contribution in [0.3, 0.4) is 0 Å². The molecule has 0 bridgehead atoms. The van der Waals surface area contributed by atoms with Gasteiger partial charge in [-0.15, -0.1) is 0 Å². The van der Waals surface area contributed by atoms with E-state index in [0.29, 0.717) is 39.4 Å². The Morgan fingerprint density at radius 3 is 2.15 bits per heavy atom. The van der Waals surface area contributed by atoms with Crippen molar-refractivity contribution in [3.8, 4) is 5.75 Å². The molecule has 0 fully saturated rings. The van der Waals surface area contributed by atoms with E-state index in [9.17, 15) is 19.5 Å². The molecule has 1 aromatic heterocycles. The smallest absolute Gasteiger partial charge is 0.425 e. The number of benzene rings is 2. The highest BCUT2D eigenvalue weighted by Crippen LogP contribution is 2.33. The molecule has 0 radical (unpaired) electrons. The number of nitrogens with zero attached hydrogens (tertiary/aromatic N) is 2. The van der Waals surface area contributed by atoms with Gasteiger partial charge in [-0.25, -0.2) is 19.4 Å². The molecule has 1 unspecified atom stereocenters. The summed E-state index contributed by atoms with van der Waals surface area (Å²) in [6, 6.07) is 10.3. The van der Waals surface area contributed by atoms with Gasteiger partial charge in [-0.05, 0) is 95.8 Å². The fourth-order valence-electron chi connectivity index (χ4n) is 3.71. The fourth-order valence-corrected chi connectivity index (χ4v) is 3.88. The zero-order valence-electron chi connectivity index (χ0n) is 23.6. The minimum atomic E-state index is -1.12. The normalized spacial score (nSPS) is 12.4. The largest absolute Gasteiger partial charge is 0.492 e. The van der Waals surface area contributed by atoms with Crippen molar-refractivity contribution in [3.05, 3.63) is 59.2 Å². The standard InChI is InChI=1S/C29H34ClN3O7/c1-8-38-22-16-18(9-12-21(22)30)23(25(34)35)32-19-10-11-20-17(15-19)13-14-31-24(20)33(26(36)39-28(2,3)4)27(37)40-29(5,6)7/h9-16,23,32H,8H2,1-7H3,(H,34,35). The van der Waals surface area contributed by atoms with Crippen LogP contribution in [0.1, 0.15) is 60.1 Å². The number of carboxylic acids is 1. The first-order chi connectivity index (χ1) is 18.6. The van der Waals surface area contributed by atoms with Gasteiger partial charge in [0, 0.05) is 17.3 Å². The van der Waals surface area contributed by atoms with Gasteiger partial charge >= 0.3 is 18.2 Å². The van der Waals surface area contributed by atoms with Crippen molar-refractivity contribution in [2.45, 2.75) is 65.7 Å². The number of carboxylic acid groups (broad SMARTS) is 1. The molecule has 0 spiro atoms. The Kier molecular flexibility index (Phi) is 9.14. The average molecular weight is 572 g/mol. The Balaban J connectivity index is 2.02. The molecule has 0 aliphatic carbocycles. The Morgan fingerprint density at radius 1 is 0.975 bits per heavy atom. The number of rotatable bonds is 7. The molecule has 0 aliphatic rings. The van der Waals surface area contributed by atoms with Gasteiger partial charge in [-0.1, -0.05) is 17.7 Å². The Labute approximate surface area is 238 Å². The molecule has 1 heterocycles. The van der Waals surface area contributed by atoms with E-state index in [2.05, 4.69) is 10.3 Å². The van der Waals surface area contributed by atoms with Gasteiger partial charge in [0.2, 0.25) is 0 Å². The number of carbonyl (C=O) groups excluding carboxylic acids is 2. The summed E-state index contributed by atoms with van der Waals surface area (Å²) in [6.45, 7) is 12.3. The second kappa shape index (κ2) is 12.0. The van der Waals surface area contributed by atoms with Crippen LogP contribution in [0.15, 0.2) is 48.7 Å². The first-order valence-electron chi connectivity index (χ1n) is 12.7. The van der Waals surface area contributed by atoms with E-state index in [-0.39, 0.29) is 5.82 Å². The van der Waals surface area contributed by atoms with E-state index in [0.717, 1.165) is 4.90 Å². The maximum absolute atomic E-state index is 13.1. The number of anilines is 2. The van der Waals surface area contributed by atoms with Crippen LogP contribution in [-0.4, -0.2) is 46.1 Å². The van der Waals surface area contributed by atoms with E-state index in [1.807, 2.05) is 0 Å². The third-order valence-corrected chi connectivity index (χ3v) is 5.57. The highest BCUT2D eigenvalue weighted by Gasteiger charge is 2.34. The maximum atomic E-state index is 13.1. The lowest BCUT2D eigenvalue weighted by Crippen LogP contribution is -2.44. The van der Waals surface area contributed by atoms with Crippen molar-refractivity contribution in [2.24, 2.45) is 0 Å². The van der Waals surface area contributed by atoms with Crippen molar-refractivity contribution in [3.63, 3.8) is 0 Å². The first-order valence-corrected chi connectivity index (χ1v) is 13.0. The number of nitrogens with one attached hydrogen (secondary N) is 1. The summed E-state index contributed by atoms with van der Waals surface area (Å²) >= 11 is 6.17. The summed E-state index contributed by atoms with van der Waals surface area (Å²) in [6.07, 6.45) is -0.448. The molecule has 3 rings (SSSR count). The number of carbonyl (C=O) groups is 3. The van der Waals surface area contributed by atoms with Crippen molar-refractivity contribution >= 4 is 52.0 Å². The minimum Gasteiger partial charge on any atom is -0.492 e. The fraction of sp³-hybridized carbons (Fsp3) is 0.379.